The summed E-state index contributed by atoms with van der Waals surface area (Å²) in [6, 6.07) is 15.9. The maximum atomic E-state index is 14.8. The normalized spacial score (nSPS) is 16.1. The Morgan fingerprint density at radius 3 is 2.28 bits per heavy atom. The summed E-state index contributed by atoms with van der Waals surface area (Å²) in [5.74, 6) is -0.347. The summed E-state index contributed by atoms with van der Waals surface area (Å²) in [5.41, 5.74) is 2.45. The minimum absolute atomic E-state index is 0.0302. The molecule has 1 aliphatic rings. The first-order chi connectivity index (χ1) is 14.0. The average Bonchev–Trinajstić information content (AvgIpc) is 2.75. The number of nitrogens with one attached hydrogen (secondary N) is 1. The SMILES string of the molecule is CCC(CC)C(=O)Nc1ccc(N2CCN(C(C)c3ccccc3)CC2)c(F)c1. The molecule has 5 heteroatoms. The molecule has 1 aliphatic heterocycles. The average molecular weight is 398 g/mol. The van der Waals surface area contributed by atoms with Crippen LogP contribution in [0.1, 0.15) is 45.2 Å². The van der Waals surface area contributed by atoms with Crippen LogP contribution in [0.5, 0.6) is 0 Å². The van der Waals surface area contributed by atoms with Crippen LogP contribution < -0.4 is 10.2 Å². The molecule has 1 saturated heterocycles. The lowest BCUT2D eigenvalue weighted by Gasteiger charge is -2.39. The molecule has 4 nitrogen and oxygen atoms in total. The molecule has 0 aromatic heterocycles. The lowest BCUT2D eigenvalue weighted by Crippen LogP contribution is -2.47. The van der Waals surface area contributed by atoms with E-state index in [9.17, 15) is 9.18 Å². The van der Waals surface area contributed by atoms with Gasteiger partial charge in [0.05, 0.1) is 5.69 Å². The summed E-state index contributed by atoms with van der Waals surface area (Å²) in [4.78, 5) is 16.8. The van der Waals surface area contributed by atoms with Crippen molar-refractivity contribution in [2.24, 2.45) is 5.92 Å². The summed E-state index contributed by atoms with van der Waals surface area (Å²) in [6.45, 7) is 9.57. The fourth-order valence-electron chi connectivity index (χ4n) is 4.04. The first-order valence-corrected chi connectivity index (χ1v) is 10.7. The van der Waals surface area contributed by atoms with Crippen molar-refractivity contribution in [3.8, 4) is 0 Å². The van der Waals surface area contributed by atoms with E-state index >= 15 is 0 Å². The highest BCUT2D eigenvalue weighted by Gasteiger charge is 2.24. The van der Waals surface area contributed by atoms with Crippen molar-refractivity contribution in [2.45, 2.75) is 39.7 Å². The Kier molecular flexibility index (Phi) is 7.26. The lowest BCUT2D eigenvalue weighted by molar-refractivity contribution is -0.120. The molecule has 156 valence electrons. The van der Waals surface area contributed by atoms with Gasteiger partial charge in [-0.2, -0.15) is 0 Å². The van der Waals surface area contributed by atoms with Gasteiger partial charge in [-0.25, -0.2) is 4.39 Å². The third-order valence-corrected chi connectivity index (χ3v) is 6.06. The number of piperazine rings is 1. The first kappa shape index (κ1) is 21.3. The number of halogens is 1. The first-order valence-electron chi connectivity index (χ1n) is 10.7. The second-order valence-corrected chi connectivity index (χ2v) is 7.78. The van der Waals surface area contributed by atoms with Gasteiger partial charge >= 0.3 is 0 Å². The van der Waals surface area contributed by atoms with E-state index in [4.69, 9.17) is 0 Å². The van der Waals surface area contributed by atoms with Crippen LogP contribution in [0.3, 0.4) is 0 Å². The molecule has 2 aromatic rings. The van der Waals surface area contributed by atoms with Crippen molar-refractivity contribution in [1.82, 2.24) is 4.90 Å². The Balaban J connectivity index is 1.60. The van der Waals surface area contributed by atoms with Crippen LogP contribution in [0.4, 0.5) is 15.8 Å². The second kappa shape index (κ2) is 9.88. The van der Waals surface area contributed by atoms with Gasteiger partial charge in [0.15, 0.2) is 0 Å². The number of hydrogen-bond acceptors (Lipinski definition) is 3. The van der Waals surface area contributed by atoms with Crippen molar-refractivity contribution in [2.75, 3.05) is 36.4 Å². The van der Waals surface area contributed by atoms with Crippen LogP contribution in [0.2, 0.25) is 0 Å². The zero-order chi connectivity index (χ0) is 20.8. The zero-order valence-corrected chi connectivity index (χ0v) is 17.7. The van der Waals surface area contributed by atoms with Gasteiger partial charge in [0.2, 0.25) is 5.91 Å². The van der Waals surface area contributed by atoms with Crippen LogP contribution in [0.15, 0.2) is 48.5 Å². The maximum absolute atomic E-state index is 14.8. The molecule has 0 aliphatic carbocycles. The van der Waals surface area contributed by atoms with E-state index in [0.717, 1.165) is 39.0 Å². The zero-order valence-electron chi connectivity index (χ0n) is 17.7. The van der Waals surface area contributed by atoms with E-state index < -0.39 is 0 Å². The fraction of sp³-hybridized carbons (Fsp3) is 0.458. The van der Waals surface area contributed by atoms with Gasteiger partial charge in [0.1, 0.15) is 5.82 Å². The molecule has 0 bridgehead atoms. The summed E-state index contributed by atoms with van der Waals surface area (Å²) in [5, 5.41) is 2.85. The van der Waals surface area contributed by atoms with E-state index in [0.29, 0.717) is 17.4 Å². The molecule has 1 atom stereocenters. The van der Waals surface area contributed by atoms with Gasteiger partial charge in [0.25, 0.3) is 0 Å². The van der Waals surface area contributed by atoms with Crippen molar-refractivity contribution in [1.29, 1.82) is 0 Å². The van der Waals surface area contributed by atoms with Crippen LogP contribution in [-0.4, -0.2) is 37.0 Å². The molecule has 3 rings (SSSR count). The quantitative estimate of drug-likeness (QED) is 0.707. The van der Waals surface area contributed by atoms with Gasteiger partial charge in [-0.1, -0.05) is 44.2 Å². The van der Waals surface area contributed by atoms with E-state index in [-0.39, 0.29) is 17.6 Å². The Hall–Kier alpha value is -2.40. The predicted molar refractivity (Wildman–Crippen MR) is 118 cm³/mol. The monoisotopic (exact) mass is 397 g/mol. The number of hydrogen-bond donors (Lipinski definition) is 1. The number of carbonyl (C=O) groups is 1. The van der Waals surface area contributed by atoms with Crippen LogP contribution in [-0.2, 0) is 4.79 Å². The van der Waals surface area contributed by atoms with Gasteiger partial charge in [-0.3, -0.25) is 9.69 Å². The highest BCUT2D eigenvalue weighted by atomic mass is 19.1. The number of nitrogens with zero attached hydrogens (tertiary/aromatic N) is 2. The number of anilines is 2. The van der Waals surface area contributed by atoms with Crippen molar-refractivity contribution < 1.29 is 9.18 Å². The minimum Gasteiger partial charge on any atom is -0.367 e. The summed E-state index contributed by atoms with van der Waals surface area (Å²) < 4.78 is 14.8. The van der Waals surface area contributed by atoms with Crippen LogP contribution >= 0.6 is 0 Å². The molecule has 2 aromatic carbocycles. The molecular formula is C24H32FN3O. The van der Waals surface area contributed by atoms with E-state index in [1.807, 2.05) is 19.9 Å². The summed E-state index contributed by atoms with van der Waals surface area (Å²) in [7, 11) is 0. The number of rotatable bonds is 7. The third kappa shape index (κ3) is 5.15. The molecule has 1 amide bonds. The van der Waals surface area contributed by atoms with Gasteiger partial charge in [-0.05, 0) is 43.5 Å². The van der Waals surface area contributed by atoms with E-state index in [1.165, 1.54) is 11.6 Å². The van der Waals surface area contributed by atoms with Gasteiger partial charge < -0.3 is 10.2 Å². The Morgan fingerprint density at radius 2 is 1.69 bits per heavy atom. The Morgan fingerprint density at radius 1 is 1.03 bits per heavy atom. The van der Waals surface area contributed by atoms with Crippen molar-refractivity contribution in [3.63, 3.8) is 0 Å². The highest BCUT2D eigenvalue weighted by molar-refractivity contribution is 5.92. The highest BCUT2D eigenvalue weighted by Crippen LogP contribution is 2.27. The molecule has 1 fully saturated rings. The van der Waals surface area contributed by atoms with Gasteiger partial charge in [0, 0.05) is 43.8 Å². The standard InChI is InChI=1S/C24H32FN3O/c1-4-19(5-2)24(29)26-21-11-12-23(22(25)17-21)28-15-13-27(14-16-28)18(3)20-9-7-6-8-10-20/h6-12,17-19H,4-5,13-16H2,1-3H3,(H,26,29). The van der Waals surface area contributed by atoms with E-state index in [2.05, 4.69) is 46.3 Å². The second-order valence-electron chi connectivity index (χ2n) is 7.78. The molecule has 0 radical (unpaired) electrons. The molecule has 1 unspecified atom stereocenters. The number of amides is 1. The van der Waals surface area contributed by atoms with Crippen LogP contribution in [0, 0.1) is 11.7 Å². The molecule has 1 heterocycles. The Labute approximate surface area is 173 Å². The lowest BCUT2D eigenvalue weighted by atomic mass is 10.0. The molecule has 1 N–H and O–H groups in total. The molecule has 0 saturated carbocycles. The molecule has 0 spiro atoms. The van der Waals surface area contributed by atoms with Crippen molar-refractivity contribution in [3.05, 3.63) is 59.9 Å². The van der Waals surface area contributed by atoms with Crippen LogP contribution in [0.25, 0.3) is 0 Å². The van der Waals surface area contributed by atoms with E-state index in [1.54, 1.807) is 12.1 Å². The van der Waals surface area contributed by atoms with Crippen molar-refractivity contribution >= 4 is 17.3 Å². The summed E-state index contributed by atoms with van der Waals surface area (Å²) >= 11 is 0. The number of benzene rings is 2. The topological polar surface area (TPSA) is 35.6 Å². The third-order valence-electron chi connectivity index (χ3n) is 6.06. The number of carbonyl (C=O) groups excluding carboxylic acids is 1. The molecular weight excluding hydrogens is 365 g/mol. The maximum Gasteiger partial charge on any atom is 0.227 e. The smallest absolute Gasteiger partial charge is 0.227 e. The largest absolute Gasteiger partial charge is 0.367 e. The predicted octanol–water partition coefficient (Wildman–Crippen LogP) is 5.08. The summed E-state index contributed by atoms with van der Waals surface area (Å²) in [6.07, 6.45) is 1.57. The molecule has 29 heavy (non-hydrogen) atoms. The minimum atomic E-state index is -0.281. The Bertz CT molecular complexity index is 799. The van der Waals surface area contributed by atoms with Gasteiger partial charge in [-0.15, -0.1) is 0 Å². The fourth-order valence-corrected chi connectivity index (χ4v) is 4.04.